The second-order valence-corrected chi connectivity index (χ2v) is 9.19. The van der Waals surface area contributed by atoms with Crippen LogP contribution in [-0.4, -0.2) is 58.6 Å². The van der Waals surface area contributed by atoms with E-state index in [-0.39, 0.29) is 5.91 Å². The fourth-order valence-electron chi connectivity index (χ4n) is 3.98. The van der Waals surface area contributed by atoms with Crippen LogP contribution in [0.4, 0.5) is 0 Å². The predicted octanol–water partition coefficient (Wildman–Crippen LogP) is 3.74. The van der Waals surface area contributed by atoms with E-state index in [1.54, 1.807) is 6.92 Å². The molecule has 33 heavy (non-hydrogen) atoms. The van der Waals surface area contributed by atoms with Crippen LogP contribution in [0.5, 0.6) is 0 Å². The normalized spacial score (nSPS) is 15.0. The molecule has 1 aliphatic heterocycles. The number of nitrogens with zero attached hydrogens (tertiary/aromatic N) is 4. The Morgan fingerprint density at radius 2 is 1.73 bits per heavy atom. The van der Waals surface area contributed by atoms with E-state index in [4.69, 9.17) is 4.52 Å². The van der Waals surface area contributed by atoms with E-state index in [0.29, 0.717) is 29.6 Å². The second-order valence-electron chi connectivity index (χ2n) is 8.18. The standard InChI is InChI=1S/C25H31N5O2S/c1-3-29-12-14-30(15-13-29)17-21-9-5-4-8-20(21)16-26-25(31)22-10-6-7-11-23(22)33-18-24-27-19(2)32-28-24/h4-11H,3,12-18H2,1-2H3,(H,26,31). The summed E-state index contributed by atoms with van der Waals surface area (Å²) in [6.45, 7) is 10.9. The Morgan fingerprint density at radius 1 is 1.03 bits per heavy atom. The highest BCUT2D eigenvalue weighted by molar-refractivity contribution is 7.98. The van der Waals surface area contributed by atoms with Crippen LogP contribution in [0.2, 0.25) is 0 Å². The molecule has 3 aromatic rings. The number of nitrogens with one attached hydrogen (secondary N) is 1. The number of benzene rings is 2. The quantitative estimate of drug-likeness (QED) is 0.483. The van der Waals surface area contributed by atoms with Gasteiger partial charge in [0.25, 0.3) is 5.91 Å². The average Bonchev–Trinajstić information content (AvgIpc) is 3.27. The van der Waals surface area contributed by atoms with Gasteiger partial charge >= 0.3 is 0 Å². The van der Waals surface area contributed by atoms with Gasteiger partial charge in [0, 0.05) is 51.1 Å². The number of likely N-dealkylation sites (N-methyl/N-ethyl adjacent to an activating group) is 1. The molecule has 174 valence electrons. The molecule has 1 aliphatic rings. The number of thioether (sulfide) groups is 1. The molecule has 4 rings (SSSR count). The molecule has 0 radical (unpaired) electrons. The van der Waals surface area contributed by atoms with E-state index in [2.05, 4.69) is 50.4 Å². The van der Waals surface area contributed by atoms with Gasteiger partial charge in [-0.25, -0.2) is 0 Å². The molecule has 1 saturated heterocycles. The molecule has 1 fully saturated rings. The molecule has 0 bridgehead atoms. The first-order chi connectivity index (χ1) is 16.1. The van der Waals surface area contributed by atoms with Crippen LogP contribution in [0.1, 0.15) is 40.1 Å². The number of carbonyl (C=O) groups excluding carboxylic acids is 1. The smallest absolute Gasteiger partial charge is 0.252 e. The molecule has 1 amide bonds. The molecule has 2 heterocycles. The minimum atomic E-state index is -0.0752. The Morgan fingerprint density at radius 3 is 2.45 bits per heavy atom. The molecular weight excluding hydrogens is 434 g/mol. The monoisotopic (exact) mass is 465 g/mol. The van der Waals surface area contributed by atoms with Crippen molar-refractivity contribution in [1.29, 1.82) is 0 Å². The number of piperazine rings is 1. The lowest BCUT2D eigenvalue weighted by Crippen LogP contribution is -2.45. The van der Waals surface area contributed by atoms with Crippen molar-refractivity contribution >= 4 is 17.7 Å². The van der Waals surface area contributed by atoms with Gasteiger partial charge in [0.15, 0.2) is 5.82 Å². The van der Waals surface area contributed by atoms with E-state index < -0.39 is 0 Å². The Bertz CT molecular complexity index is 1060. The summed E-state index contributed by atoms with van der Waals surface area (Å²) in [6, 6.07) is 16.0. The number of aromatic nitrogens is 2. The van der Waals surface area contributed by atoms with Crippen molar-refractivity contribution in [2.24, 2.45) is 0 Å². The number of carbonyl (C=O) groups is 1. The molecule has 0 unspecified atom stereocenters. The zero-order valence-electron chi connectivity index (χ0n) is 19.3. The van der Waals surface area contributed by atoms with Crippen molar-refractivity contribution in [2.45, 2.75) is 37.6 Å². The van der Waals surface area contributed by atoms with Crippen LogP contribution in [0.15, 0.2) is 57.9 Å². The van der Waals surface area contributed by atoms with Gasteiger partial charge in [-0.05, 0) is 29.8 Å². The summed E-state index contributed by atoms with van der Waals surface area (Å²) in [5.41, 5.74) is 3.10. The van der Waals surface area contributed by atoms with Gasteiger partial charge in [-0.2, -0.15) is 4.98 Å². The molecule has 2 aromatic carbocycles. The minimum absolute atomic E-state index is 0.0752. The maximum absolute atomic E-state index is 13.0. The lowest BCUT2D eigenvalue weighted by Gasteiger charge is -2.34. The van der Waals surface area contributed by atoms with Gasteiger partial charge in [0.05, 0.1) is 11.3 Å². The number of aryl methyl sites for hydroxylation is 1. The molecule has 0 spiro atoms. The van der Waals surface area contributed by atoms with Gasteiger partial charge < -0.3 is 14.7 Å². The van der Waals surface area contributed by atoms with Gasteiger partial charge in [0.2, 0.25) is 5.89 Å². The van der Waals surface area contributed by atoms with Crippen LogP contribution in [0.3, 0.4) is 0 Å². The van der Waals surface area contributed by atoms with Gasteiger partial charge in [-0.15, -0.1) is 11.8 Å². The lowest BCUT2D eigenvalue weighted by molar-refractivity contribution is 0.0947. The van der Waals surface area contributed by atoms with E-state index in [1.165, 1.54) is 17.3 Å². The molecule has 1 aromatic heterocycles. The molecular formula is C25H31N5O2S. The topological polar surface area (TPSA) is 74.5 Å². The lowest BCUT2D eigenvalue weighted by atomic mass is 10.1. The van der Waals surface area contributed by atoms with Crippen molar-refractivity contribution < 1.29 is 9.32 Å². The van der Waals surface area contributed by atoms with Crippen LogP contribution < -0.4 is 5.32 Å². The van der Waals surface area contributed by atoms with Gasteiger partial charge in [-0.1, -0.05) is 48.5 Å². The molecule has 8 heteroatoms. The molecule has 0 saturated carbocycles. The first kappa shape index (κ1) is 23.5. The second kappa shape index (κ2) is 11.4. The Balaban J connectivity index is 1.36. The Kier molecular flexibility index (Phi) is 8.15. The van der Waals surface area contributed by atoms with E-state index in [9.17, 15) is 4.79 Å². The van der Waals surface area contributed by atoms with Crippen LogP contribution in [0, 0.1) is 6.92 Å². The first-order valence-electron chi connectivity index (χ1n) is 11.4. The van der Waals surface area contributed by atoms with Crippen LogP contribution in [-0.2, 0) is 18.8 Å². The summed E-state index contributed by atoms with van der Waals surface area (Å²) in [7, 11) is 0. The summed E-state index contributed by atoms with van der Waals surface area (Å²) < 4.78 is 5.04. The van der Waals surface area contributed by atoms with Crippen molar-refractivity contribution in [3.05, 3.63) is 76.9 Å². The SMILES string of the molecule is CCN1CCN(Cc2ccccc2CNC(=O)c2ccccc2SCc2noc(C)n2)CC1. The largest absolute Gasteiger partial charge is 0.348 e. The van der Waals surface area contributed by atoms with Crippen LogP contribution >= 0.6 is 11.8 Å². The summed E-state index contributed by atoms with van der Waals surface area (Å²) in [6.07, 6.45) is 0. The summed E-state index contributed by atoms with van der Waals surface area (Å²) >= 11 is 1.54. The van der Waals surface area contributed by atoms with Crippen LogP contribution in [0.25, 0.3) is 0 Å². The average molecular weight is 466 g/mol. The van der Waals surface area contributed by atoms with E-state index in [0.717, 1.165) is 49.7 Å². The molecule has 1 N–H and O–H groups in total. The minimum Gasteiger partial charge on any atom is -0.348 e. The van der Waals surface area contributed by atoms with Crippen molar-refractivity contribution in [2.75, 3.05) is 32.7 Å². The maximum atomic E-state index is 13.0. The zero-order valence-corrected chi connectivity index (χ0v) is 20.1. The number of amides is 1. The van der Waals surface area contributed by atoms with E-state index in [1.807, 2.05) is 30.3 Å². The highest BCUT2D eigenvalue weighted by atomic mass is 32.2. The number of hydrogen-bond acceptors (Lipinski definition) is 7. The molecule has 0 atom stereocenters. The Hall–Kier alpha value is -2.68. The van der Waals surface area contributed by atoms with Crippen molar-refractivity contribution in [3.8, 4) is 0 Å². The van der Waals surface area contributed by atoms with Gasteiger partial charge in [-0.3, -0.25) is 9.69 Å². The summed E-state index contributed by atoms with van der Waals surface area (Å²) in [5, 5.41) is 7.06. The third kappa shape index (κ3) is 6.43. The Labute approximate surface area is 199 Å². The number of rotatable bonds is 9. The molecule has 0 aliphatic carbocycles. The fraction of sp³-hybridized carbons (Fsp3) is 0.400. The molecule has 7 nitrogen and oxygen atoms in total. The predicted molar refractivity (Wildman–Crippen MR) is 130 cm³/mol. The first-order valence-corrected chi connectivity index (χ1v) is 12.4. The zero-order chi connectivity index (χ0) is 23.0. The highest BCUT2D eigenvalue weighted by Gasteiger charge is 2.17. The maximum Gasteiger partial charge on any atom is 0.252 e. The van der Waals surface area contributed by atoms with Crippen molar-refractivity contribution in [1.82, 2.24) is 25.3 Å². The summed E-state index contributed by atoms with van der Waals surface area (Å²) in [4.78, 5) is 23.2. The third-order valence-electron chi connectivity index (χ3n) is 5.92. The summed E-state index contributed by atoms with van der Waals surface area (Å²) in [5.74, 6) is 1.65. The van der Waals surface area contributed by atoms with Gasteiger partial charge in [0.1, 0.15) is 0 Å². The number of hydrogen-bond donors (Lipinski definition) is 1. The highest BCUT2D eigenvalue weighted by Crippen LogP contribution is 2.25. The van der Waals surface area contributed by atoms with Crippen molar-refractivity contribution in [3.63, 3.8) is 0 Å². The fourth-order valence-corrected chi connectivity index (χ4v) is 4.87. The third-order valence-corrected chi connectivity index (χ3v) is 6.99. The van der Waals surface area contributed by atoms with E-state index >= 15 is 0 Å².